The van der Waals surface area contributed by atoms with E-state index in [0.29, 0.717) is 11.7 Å². The van der Waals surface area contributed by atoms with Gasteiger partial charge >= 0.3 is 0 Å². The monoisotopic (exact) mass is 357 g/mol. The lowest BCUT2D eigenvalue weighted by Crippen LogP contribution is -2.35. The Balaban J connectivity index is 1.96. The van der Waals surface area contributed by atoms with Crippen LogP contribution in [0.25, 0.3) is 10.9 Å². The molecule has 24 heavy (non-hydrogen) atoms. The van der Waals surface area contributed by atoms with Crippen LogP contribution in [0.4, 0.5) is 5.69 Å². The SMILES string of the molecule is COc1ccc(N(Cc2cc3ccccc3nc2Cl)C(N)=S)cc1. The van der Waals surface area contributed by atoms with E-state index in [1.54, 1.807) is 7.11 Å². The molecule has 0 aliphatic heterocycles. The minimum absolute atomic E-state index is 0.268. The highest BCUT2D eigenvalue weighted by Crippen LogP contribution is 2.25. The maximum atomic E-state index is 6.35. The molecule has 0 amide bonds. The molecule has 0 bridgehead atoms. The van der Waals surface area contributed by atoms with Gasteiger partial charge in [0, 0.05) is 16.6 Å². The van der Waals surface area contributed by atoms with Crippen molar-refractivity contribution < 1.29 is 4.74 Å². The van der Waals surface area contributed by atoms with Crippen LogP contribution in [0.2, 0.25) is 5.15 Å². The summed E-state index contributed by atoms with van der Waals surface area (Å²) in [6, 6.07) is 17.4. The average Bonchev–Trinajstić information content (AvgIpc) is 2.59. The van der Waals surface area contributed by atoms with Crippen LogP contribution >= 0.6 is 23.8 Å². The van der Waals surface area contributed by atoms with Crippen LogP contribution in [-0.4, -0.2) is 17.2 Å². The first-order chi connectivity index (χ1) is 11.6. The lowest BCUT2D eigenvalue weighted by molar-refractivity contribution is 0.415. The van der Waals surface area contributed by atoms with Gasteiger partial charge in [0.15, 0.2) is 5.11 Å². The average molecular weight is 358 g/mol. The summed E-state index contributed by atoms with van der Waals surface area (Å²) in [5.74, 6) is 0.770. The Hall–Kier alpha value is -2.37. The van der Waals surface area contributed by atoms with Crippen LogP contribution in [0, 0.1) is 0 Å². The number of pyridine rings is 1. The van der Waals surface area contributed by atoms with E-state index in [1.165, 1.54) is 0 Å². The Bertz CT molecular complexity index is 883. The summed E-state index contributed by atoms with van der Waals surface area (Å²) >= 11 is 11.6. The van der Waals surface area contributed by atoms with E-state index in [-0.39, 0.29) is 5.11 Å². The summed E-state index contributed by atoms with van der Waals surface area (Å²) in [6.07, 6.45) is 0. The van der Waals surface area contributed by atoms with Crippen LogP contribution < -0.4 is 15.4 Å². The number of hydrogen-bond acceptors (Lipinski definition) is 3. The largest absolute Gasteiger partial charge is 0.497 e. The number of benzene rings is 2. The van der Waals surface area contributed by atoms with Gasteiger partial charge in [0.05, 0.1) is 19.2 Å². The van der Waals surface area contributed by atoms with Crippen molar-refractivity contribution in [1.82, 2.24) is 4.98 Å². The van der Waals surface area contributed by atoms with E-state index in [1.807, 2.05) is 59.5 Å². The first kappa shape index (κ1) is 16.5. The Morgan fingerprint density at radius 1 is 1.21 bits per heavy atom. The van der Waals surface area contributed by atoms with Gasteiger partial charge in [-0.15, -0.1) is 0 Å². The molecule has 1 heterocycles. The quantitative estimate of drug-likeness (QED) is 0.561. The molecule has 6 heteroatoms. The van der Waals surface area contributed by atoms with Gasteiger partial charge in [-0.1, -0.05) is 29.8 Å². The number of fused-ring (bicyclic) bond motifs is 1. The number of para-hydroxylation sites is 1. The molecule has 2 N–H and O–H groups in total. The Kier molecular flexibility index (Phi) is 4.83. The van der Waals surface area contributed by atoms with Crippen LogP contribution in [-0.2, 0) is 6.54 Å². The Morgan fingerprint density at radius 3 is 2.58 bits per heavy atom. The van der Waals surface area contributed by atoms with Crippen molar-refractivity contribution in [3.8, 4) is 5.75 Å². The fraction of sp³-hybridized carbons (Fsp3) is 0.111. The summed E-state index contributed by atoms with van der Waals surface area (Å²) in [5.41, 5.74) is 8.50. The number of methoxy groups -OCH3 is 1. The molecule has 0 saturated heterocycles. The maximum absolute atomic E-state index is 6.35. The molecule has 1 aromatic heterocycles. The Morgan fingerprint density at radius 2 is 1.92 bits per heavy atom. The van der Waals surface area contributed by atoms with Crippen molar-refractivity contribution in [3.63, 3.8) is 0 Å². The molecule has 4 nitrogen and oxygen atoms in total. The third-order valence-corrected chi connectivity index (χ3v) is 4.28. The predicted octanol–water partition coefficient (Wildman–Crippen LogP) is 4.15. The van der Waals surface area contributed by atoms with E-state index < -0.39 is 0 Å². The molecule has 0 aliphatic carbocycles. The van der Waals surface area contributed by atoms with Crippen molar-refractivity contribution >= 4 is 45.5 Å². The third kappa shape index (κ3) is 3.42. The van der Waals surface area contributed by atoms with Gasteiger partial charge in [0.1, 0.15) is 10.9 Å². The molecular weight excluding hydrogens is 342 g/mol. The zero-order valence-electron chi connectivity index (χ0n) is 13.1. The number of aromatic nitrogens is 1. The minimum Gasteiger partial charge on any atom is -0.497 e. The molecule has 2 aromatic carbocycles. The molecule has 0 spiro atoms. The number of hydrogen-bond donors (Lipinski definition) is 1. The van der Waals surface area contributed by atoms with Crippen molar-refractivity contribution in [2.24, 2.45) is 5.73 Å². The van der Waals surface area contributed by atoms with Crippen LogP contribution in [0.15, 0.2) is 54.6 Å². The van der Waals surface area contributed by atoms with E-state index in [4.69, 9.17) is 34.3 Å². The van der Waals surface area contributed by atoms with Gasteiger partial charge in [-0.05, 0) is 48.6 Å². The Labute approximate surface area is 150 Å². The van der Waals surface area contributed by atoms with E-state index in [0.717, 1.165) is 27.9 Å². The van der Waals surface area contributed by atoms with Gasteiger partial charge in [-0.25, -0.2) is 4.98 Å². The lowest BCUT2D eigenvalue weighted by atomic mass is 10.1. The van der Waals surface area contributed by atoms with Gasteiger partial charge in [-0.3, -0.25) is 0 Å². The second-order valence-electron chi connectivity index (χ2n) is 5.25. The van der Waals surface area contributed by atoms with Gasteiger partial charge < -0.3 is 15.4 Å². The molecule has 3 rings (SSSR count). The van der Waals surface area contributed by atoms with Crippen molar-refractivity contribution in [3.05, 3.63) is 65.3 Å². The number of thiocarbonyl (C=S) groups is 1. The molecule has 0 atom stereocenters. The lowest BCUT2D eigenvalue weighted by Gasteiger charge is -2.23. The van der Waals surface area contributed by atoms with E-state index in [9.17, 15) is 0 Å². The predicted molar refractivity (Wildman–Crippen MR) is 103 cm³/mol. The van der Waals surface area contributed by atoms with E-state index >= 15 is 0 Å². The number of nitrogens with two attached hydrogens (primary N) is 1. The first-order valence-corrected chi connectivity index (χ1v) is 8.12. The minimum atomic E-state index is 0.268. The molecule has 122 valence electrons. The third-order valence-electron chi connectivity index (χ3n) is 3.73. The molecule has 0 saturated carbocycles. The van der Waals surface area contributed by atoms with Crippen molar-refractivity contribution in [1.29, 1.82) is 0 Å². The van der Waals surface area contributed by atoms with Crippen molar-refractivity contribution in [2.75, 3.05) is 12.0 Å². The van der Waals surface area contributed by atoms with Gasteiger partial charge in [0.25, 0.3) is 0 Å². The maximum Gasteiger partial charge on any atom is 0.171 e. The molecule has 0 aliphatic rings. The molecule has 0 fully saturated rings. The number of nitrogens with zero attached hydrogens (tertiary/aromatic N) is 2. The fourth-order valence-corrected chi connectivity index (χ4v) is 2.85. The van der Waals surface area contributed by atoms with Crippen molar-refractivity contribution in [2.45, 2.75) is 6.54 Å². The molecular formula is C18H16ClN3OS. The number of anilines is 1. The smallest absolute Gasteiger partial charge is 0.171 e. The normalized spacial score (nSPS) is 10.6. The second kappa shape index (κ2) is 7.03. The van der Waals surface area contributed by atoms with Gasteiger partial charge in [0.2, 0.25) is 0 Å². The van der Waals surface area contributed by atoms with Crippen LogP contribution in [0.5, 0.6) is 5.75 Å². The topological polar surface area (TPSA) is 51.4 Å². The zero-order valence-corrected chi connectivity index (χ0v) is 14.6. The van der Waals surface area contributed by atoms with Gasteiger partial charge in [-0.2, -0.15) is 0 Å². The highest BCUT2D eigenvalue weighted by Gasteiger charge is 2.14. The molecule has 0 radical (unpaired) electrons. The standard InChI is InChI=1S/C18H16ClN3OS/c1-23-15-8-6-14(7-9-15)22(18(20)24)11-13-10-12-4-2-3-5-16(12)21-17(13)19/h2-10H,11H2,1H3,(H2,20,24). The summed E-state index contributed by atoms with van der Waals surface area (Å²) in [4.78, 5) is 6.26. The zero-order chi connectivity index (χ0) is 17.1. The second-order valence-corrected chi connectivity index (χ2v) is 6.03. The number of rotatable bonds is 4. The summed E-state index contributed by atoms with van der Waals surface area (Å²) in [7, 11) is 1.63. The summed E-state index contributed by atoms with van der Waals surface area (Å²) < 4.78 is 5.18. The molecule has 3 aromatic rings. The first-order valence-electron chi connectivity index (χ1n) is 7.33. The number of ether oxygens (including phenoxy) is 1. The van der Waals surface area contributed by atoms with Crippen LogP contribution in [0.1, 0.15) is 5.56 Å². The highest BCUT2D eigenvalue weighted by atomic mass is 35.5. The van der Waals surface area contributed by atoms with Crippen LogP contribution in [0.3, 0.4) is 0 Å². The molecule has 0 unspecified atom stereocenters. The number of halogens is 1. The van der Waals surface area contributed by atoms with E-state index in [2.05, 4.69) is 4.98 Å². The fourth-order valence-electron chi connectivity index (χ4n) is 2.48. The summed E-state index contributed by atoms with van der Waals surface area (Å²) in [5, 5.41) is 1.74. The summed E-state index contributed by atoms with van der Waals surface area (Å²) in [6.45, 7) is 0.443. The highest BCUT2D eigenvalue weighted by molar-refractivity contribution is 7.80.